The van der Waals surface area contributed by atoms with Crippen LogP contribution in [0.15, 0.2) is 36.7 Å². The minimum absolute atomic E-state index is 0.185. The number of carbonyl (C=O) groups is 2. The Morgan fingerprint density at radius 2 is 2.10 bits per heavy atom. The van der Waals surface area contributed by atoms with Crippen LogP contribution in [0.25, 0.3) is 11.5 Å². The highest BCUT2D eigenvalue weighted by molar-refractivity contribution is 6.34. The normalized spacial score (nSPS) is 15.5. The number of ether oxygens (including phenoxy) is 1. The van der Waals surface area contributed by atoms with Crippen LogP contribution in [0.2, 0.25) is 5.02 Å². The SMILES string of the molecule is COC(=O)c1cc2c(cc1Cl)C(=O)N(c1cccc(-c3nncn3C3CC3)n1)C2. The number of halogens is 1. The maximum Gasteiger partial charge on any atom is 0.339 e. The quantitative estimate of drug-likeness (QED) is 0.614. The minimum Gasteiger partial charge on any atom is -0.465 e. The van der Waals surface area contributed by atoms with Gasteiger partial charge < -0.3 is 9.30 Å². The molecule has 1 fully saturated rings. The summed E-state index contributed by atoms with van der Waals surface area (Å²) >= 11 is 6.18. The molecular formula is C20H16ClN5O3. The largest absolute Gasteiger partial charge is 0.465 e. The molecule has 8 nitrogen and oxygen atoms in total. The van der Waals surface area contributed by atoms with E-state index in [1.54, 1.807) is 23.4 Å². The number of methoxy groups -OCH3 is 1. The number of anilines is 1. The summed E-state index contributed by atoms with van der Waals surface area (Å²) in [7, 11) is 1.29. The zero-order chi connectivity index (χ0) is 20.1. The zero-order valence-electron chi connectivity index (χ0n) is 15.5. The second-order valence-corrected chi connectivity index (χ2v) is 7.45. The van der Waals surface area contributed by atoms with Gasteiger partial charge in [0.05, 0.1) is 24.2 Å². The number of benzene rings is 1. The van der Waals surface area contributed by atoms with Crippen molar-refractivity contribution >= 4 is 29.3 Å². The number of pyridine rings is 1. The molecule has 1 amide bonds. The van der Waals surface area contributed by atoms with Crippen molar-refractivity contribution in [2.75, 3.05) is 12.0 Å². The predicted molar refractivity (Wildman–Crippen MR) is 105 cm³/mol. The number of carbonyl (C=O) groups excluding carboxylic acids is 2. The molecule has 2 aliphatic rings. The highest BCUT2D eigenvalue weighted by Crippen LogP contribution is 2.38. The number of amides is 1. The van der Waals surface area contributed by atoms with E-state index in [-0.39, 0.29) is 16.5 Å². The fraction of sp³-hybridized carbons (Fsp3) is 0.250. The molecule has 0 atom stereocenters. The van der Waals surface area contributed by atoms with Crippen molar-refractivity contribution in [1.82, 2.24) is 19.7 Å². The van der Waals surface area contributed by atoms with Gasteiger partial charge in [-0.15, -0.1) is 10.2 Å². The molecule has 0 radical (unpaired) electrons. The van der Waals surface area contributed by atoms with Crippen molar-refractivity contribution in [2.24, 2.45) is 0 Å². The topological polar surface area (TPSA) is 90.2 Å². The first-order valence-corrected chi connectivity index (χ1v) is 9.54. The first-order chi connectivity index (χ1) is 14.1. The molecule has 146 valence electrons. The molecule has 1 aliphatic carbocycles. The Hall–Kier alpha value is -3.26. The minimum atomic E-state index is -0.539. The number of rotatable bonds is 4. The molecule has 0 saturated heterocycles. The molecule has 29 heavy (non-hydrogen) atoms. The summed E-state index contributed by atoms with van der Waals surface area (Å²) in [4.78, 5) is 31.1. The molecule has 5 rings (SSSR count). The summed E-state index contributed by atoms with van der Waals surface area (Å²) < 4.78 is 6.78. The second-order valence-electron chi connectivity index (χ2n) is 7.05. The molecule has 0 unspecified atom stereocenters. The maximum absolute atomic E-state index is 13.0. The first-order valence-electron chi connectivity index (χ1n) is 9.16. The highest BCUT2D eigenvalue weighted by atomic mass is 35.5. The van der Waals surface area contributed by atoms with Crippen LogP contribution in [0.5, 0.6) is 0 Å². The third-order valence-corrected chi connectivity index (χ3v) is 5.47. The Morgan fingerprint density at radius 1 is 1.28 bits per heavy atom. The van der Waals surface area contributed by atoms with Gasteiger partial charge in [0.2, 0.25) is 0 Å². The van der Waals surface area contributed by atoms with E-state index in [0.29, 0.717) is 41.0 Å². The fourth-order valence-electron chi connectivity index (χ4n) is 3.53. The van der Waals surface area contributed by atoms with Crippen molar-refractivity contribution < 1.29 is 14.3 Å². The zero-order valence-corrected chi connectivity index (χ0v) is 16.3. The van der Waals surface area contributed by atoms with Crippen LogP contribution in [0.3, 0.4) is 0 Å². The summed E-state index contributed by atoms with van der Waals surface area (Å²) in [5.41, 5.74) is 2.05. The van der Waals surface area contributed by atoms with Crippen LogP contribution in [-0.2, 0) is 11.3 Å². The molecule has 9 heteroatoms. The third kappa shape index (κ3) is 2.96. The summed E-state index contributed by atoms with van der Waals surface area (Å²) in [5, 5.41) is 8.40. The fourth-order valence-corrected chi connectivity index (χ4v) is 3.77. The van der Waals surface area contributed by atoms with Crippen LogP contribution in [-0.4, -0.2) is 38.7 Å². The molecule has 0 spiro atoms. The van der Waals surface area contributed by atoms with E-state index in [9.17, 15) is 9.59 Å². The standard InChI is InChI=1S/C20H16ClN5O3/c1-29-20(28)14-7-11-9-25(19(27)13(11)8-15(14)21)17-4-2-3-16(23-17)18-24-22-10-26(18)12-5-6-12/h2-4,7-8,10,12H,5-6,9H2,1H3. The smallest absolute Gasteiger partial charge is 0.339 e. The van der Waals surface area contributed by atoms with Crippen molar-refractivity contribution in [1.29, 1.82) is 0 Å². The van der Waals surface area contributed by atoms with Gasteiger partial charge in [0, 0.05) is 11.6 Å². The van der Waals surface area contributed by atoms with Crippen molar-refractivity contribution in [3.05, 3.63) is 58.4 Å². The van der Waals surface area contributed by atoms with Gasteiger partial charge in [0.25, 0.3) is 5.91 Å². The third-order valence-electron chi connectivity index (χ3n) is 5.16. The average Bonchev–Trinajstić information content (AvgIpc) is 3.38. The molecule has 0 N–H and O–H groups in total. The molecule has 0 bridgehead atoms. The van der Waals surface area contributed by atoms with Gasteiger partial charge in [-0.3, -0.25) is 9.69 Å². The summed E-state index contributed by atoms with van der Waals surface area (Å²) in [5.74, 6) is 0.439. The number of nitrogens with zero attached hydrogens (tertiary/aromatic N) is 5. The van der Waals surface area contributed by atoms with Gasteiger partial charge in [-0.2, -0.15) is 0 Å². The van der Waals surface area contributed by atoms with Gasteiger partial charge in [0.15, 0.2) is 5.82 Å². The van der Waals surface area contributed by atoms with E-state index >= 15 is 0 Å². The van der Waals surface area contributed by atoms with Crippen LogP contribution < -0.4 is 4.90 Å². The lowest BCUT2D eigenvalue weighted by Gasteiger charge is -2.15. The van der Waals surface area contributed by atoms with Gasteiger partial charge in [-0.05, 0) is 42.7 Å². The molecule has 1 aliphatic heterocycles. The number of fused-ring (bicyclic) bond motifs is 1. The monoisotopic (exact) mass is 409 g/mol. The predicted octanol–water partition coefficient (Wildman–Crippen LogP) is 3.28. The summed E-state index contributed by atoms with van der Waals surface area (Å²) in [6, 6.07) is 9.00. The molecule has 1 saturated carbocycles. The van der Waals surface area contributed by atoms with E-state index in [2.05, 4.69) is 15.2 Å². The molecule has 1 aromatic carbocycles. The Bertz CT molecular complexity index is 1150. The highest BCUT2D eigenvalue weighted by Gasteiger charge is 2.32. The van der Waals surface area contributed by atoms with E-state index in [0.717, 1.165) is 12.8 Å². The van der Waals surface area contributed by atoms with Gasteiger partial charge >= 0.3 is 5.97 Å². The van der Waals surface area contributed by atoms with Crippen molar-refractivity contribution in [2.45, 2.75) is 25.4 Å². The van der Waals surface area contributed by atoms with Crippen molar-refractivity contribution in [3.8, 4) is 11.5 Å². The Labute approximate surface area is 171 Å². The van der Waals surface area contributed by atoms with Gasteiger partial charge in [0.1, 0.15) is 17.8 Å². The Morgan fingerprint density at radius 3 is 2.86 bits per heavy atom. The average molecular weight is 410 g/mol. The van der Waals surface area contributed by atoms with E-state index in [1.807, 2.05) is 16.7 Å². The lowest BCUT2D eigenvalue weighted by molar-refractivity contribution is 0.0600. The Kier molecular flexibility index (Phi) is 4.09. The van der Waals surface area contributed by atoms with E-state index < -0.39 is 5.97 Å². The number of aromatic nitrogens is 4. The lowest BCUT2D eigenvalue weighted by atomic mass is 10.1. The number of hydrogen-bond donors (Lipinski definition) is 0. The summed E-state index contributed by atoms with van der Waals surface area (Å²) in [6.07, 6.45) is 3.93. The Balaban J connectivity index is 1.49. The first kappa shape index (κ1) is 17.8. The van der Waals surface area contributed by atoms with E-state index in [4.69, 9.17) is 16.3 Å². The number of esters is 1. The van der Waals surface area contributed by atoms with Gasteiger partial charge in [-0.25, -0.2) is 9.78 Å². The maximum atomic E-state index is 13.0. The molecule has 3 heterocycles. The molecular weight excluding hydrogens is 394 g/mol. The second kappa shape index (κ2) is 6.66. The van der Waals surface area contributed by atoms with Crippen LogP contribution in [0.4, 0.5) is 5.82 Å². The number of hydrogen-bond acceptors (Lipinski definition) is 6. The van der Waals surface area contributed by atoms with Crippen LogP contribution in [0.1, 0.15) is 45.2 Å². The molecule has 3 aromatic rings. The van der Waals surface area contributed by atoms with Crippen molar-refractivity contribution in [3.63, 3.8) is 0 Å². The van der Waals surface area contributed by atoms with Crippen LogP contribution >= 0.6 is 11.6 Å². The van der Waals surface area contributed by atoms with Crippen LogP contribution in [0, 0.1) is 0 Å². The summed E-state index contributed by atoms with van der Waals surface area (Å²) in [6.45, 7) is 0.293. The van der Waals surface area contributed by atoms with Gasteiger partial charge in [-0.1, -0.05) is 17.7 Å². The van der Waals surface area contributed by atoms with E-state index in [1.165, 1.54) is 13.2 Å². The lowest BCUT2D eigenvalue weighted by Crippen LogP contribution is -2.24. The molecule has 2 aromatic heterocycles.